The van der Waals surface area contributed by atoms with Crippen LogP contribution in [0.4, 0.5) is 13.2 Å². The van der Waals surface area contributed by atoms with E-state index in [0.717, 1.165) is 12.5 Å². The van der Waals surface area contributed by atoms with Gasteiger partial charge in [-0.1, -0.05) is 18.2 Å². The highest BCUT2D eigenvalue weighted by Gasteiger charge is 2.31. The lowest BCUT2D eigenvalue weighted by Gasteiger charge is -2.09. The lowest BCUT2D eigenvalue weighted by molar-refractivity contribution is -0.274. The van der Waals surface area contributed by atoms with E-state index in [2.05, 4.69) is 4.74 Å². The van der Waals surface area contributed by atoms with Crippen molar-refractivity contribution in [3.63, 3.8) is 0 Å². The van der Waals surface area contributed by atoms with Crippen LogP contribution >= 0.6 is 11.3 Å². The molecule has 0 radical (unpaired) electrons. The highest BCUT2D eigenvalue weighted by atomic mass is 32.1. The first-order valence-electron chi connectivity index (χ1n) is 6.35. The second-order valence-corrected chi connectivity index (χ2v) is 5.46. The molecule has 0 fully saturated rings. The number of alkyl halides is 3. The second-order valence-electron chi connectivity index (χ2n) is 4.43. The molecule has 1 heterocycles. The van der Waals surface area contributed by atoms with Crippen LogP contribution in [0.15, 0.2) is 41.8 Å². The van der Waals surface area contributed by atoms with Crippen molar-refractivity contribution in [1.29, 1.82) is 0 Å². The van der Waals surface area contributed by atoms with Gasteiger partial charge in [0, 0.05) is 16.9 Å². The molecule has 6 heteroatoms. The lowest BCUT2D eigenvalue weighted by atomic mass is 10.0. The van der Waals surface area contributed by atoms with Crippen molar-refractivity contribution in [3.05, 3.63) is 52.2 Å². The van der Waals surface area contributed by atoms with Crippen LogP contribution in [-0.4, -0.2) is 12.1 Å². The molecule has 0 spiro atoms. The first kappa shape index (κ1) is 15.6. The minimum absolute atomic E-state index is 0.181. The van der Waals surface area contributed by atoms with Crippen molar-refractivity contribution in [2.24, 2.45) is 0 Å². The van der Waals surface area contributed by atoms with Crippen LogP contribution in [0.25, 0.3) is 0 Å². The topological polar surface area (TPSA) is 26.3 Å². The Balaban J connectivity index is 1.91. The van der Waals surface area contributed by atoms with Gasteiger partial charge in [-0.05, 0) is 36.4 Å². The maximum atomic E-state index is 12.1. The molecule has 0 amide bonds. The minimum Gasteiger partial charge on any atom is -0.406 e. The van der Waals surface area contributed by atoms with E-state index in [4.69, 9.17) is 0 Å². The normalized spacial score (nSPS) is 11.4. The van der Waals surface area contributed by atoms with E-state index in [0.29, 0.717) is 12.8 Å². The highest BCUT2D eigenvalue weighted by Crippen LogP contribution is 2.24. The number of carbonyl (C=O) groups is 1. The zero-order chi connectivity index (χ0) is 15.3. The number of benzene rings is 1. The Morgan fingerprint density at radius 2 is 2.00 bits per heavy atom. The van der Waals surface area contributed by atoms with Crippen LogP contribution in [0.5, 0.6) is 5.75 Å². The van der Waals surface area contributed by atoms with Gasteiger partial charge >= 0.3 is 6.36 Å². The molecule has 2 aromatic rings. The van der Waals surface area contributed by atoms with Crippen molar-refractivity contribution in [3.8, 4) is 5.75 Å². The van der Waals surface area contributed by atoms with Crippen LogP contribution in [0.3, 0.4) is 0 Å². The van der Waals surface area contributed by atoms with E-state index in [-0.39, 0.29) is 17.1 Å². The first-order chi connectivity index (χ1) is 9.94. The first-order valence-corrected chi connectivity index (χ1v) is 7.23. The number of hydrogen-bond acceptors (Lipinski definition) is 3. The summed E-state index contributed by atoms with van der Waals surface area (Å²) in [5.74, 6) is -0.550. The van der Waals surface area contributed by atoms with Gasteiger partial charge in [-0.15, -0.1) is 24.5 Å². The molecular formula is C15H13F3O2S. The van der Waals surface area contributed by atoms with Crippen molar-refractivity contribution in [1.82, 2.24) is 0 Å². The van der Waals surface area contributed by atoms with Crippen LogP contribution in [-0.2, 0) is 6.42 Å². The van der Waals surface area contributed by atoms with Gasteiger partial charge in [0.15, 0.2) is 5.78 Å². The van der Waals surface area contributed by atoms with E-state index < -0.39 is 6.36 Å². The summed E-state index contributed by atoms with van der Waals surface area (Å²) in [5, 5.41) is 1.97. The monoisotopic (exact) mass is 314 g/mol. The summed E-state index contributed by atoms with van der Waals surface area (Å²) in [5.41, 5.74) is 0.239. The smallest absolute Gasteiger partial charge is 0.406 e. The largest absolute Gasteiger partial charge is 0.573 e. The Morgan fingerprint density at radius 3 is 2.67 bits per heavy atom. The fourth-order valence-corrected chi connectivity index (χ4v) is 2.64. The molecule has 21 heavy (non-hydrogen) atoms. The number of thiophene rings is 1. The highest BCUT2D eigenvalue weighted by molar-refractivity contribution is 7.09. The molecule has 0 aliphatic rings. The third kappa shape index (κ3) is 5.23. The lowest BCUT2D eigenvalue weighted by Crippen LogP contribution is -2.17. The van der Waals surface area contributed by atoms with Gasteiger partial charge in [0.25, 0.3) is 0 Å². The van der Waals surface area contributed by atoms with Crippen molar-refractivity contribution in [2.45, 2.75) is 25.6 Å². The standard InChI is InChI=1S/C15H13F3O2S/c16-15(17,18)20-12-5-1-4-11(10-12)14(19)8-2-6-13-7-3-9-21-13/h1,3-5,7,9-10H,2,6,8H2. The summed E-state index contributed by atoms with van der Waals surface area (Å²) in [6, 6.07) is 9.12. The zero-order valence-corrected chi connectivity index (χ0v) is 11.8. The van der Waals surface area contributed by atoms with Gasteiger partial charge in [0.05, 0.1) is 0 Å². The number of rotatable bonds is 6. The number of ketones is 1. The average Bonchev–Trinajstić information content (AvgIpc) is 2.90. The van der Waals surface area contributed by atoms with E-state index in [1.54, 1.807) is 11.3 Å². The van der Waals surface area contributed by atoms with E-state index >= 15 is 0 Å². The predicted molar refractivity (Wildman–Crippen MR) is 74.7 cm³/mol. The molecule has 0 aliphatic carbocycles. The van der Waals surface area contributed by atoms with E-state index in [1.807, 2.05) is 17.5 Å². The van der Waals surface area contributed by atoms with E-state index in [1.165, 1.54) is 23.1 Å². The number of ether oxygens (including phenoxy) is 1. The molecule has 0 bridgehead atoms. The fraction of sp³-hybridized carbons (Fsp3) is 0.267. The summed E-state index contributed by atoms with van der Waals surface area (Å²) in [7, 11) is 0. The SMILES string of the molecule is O=C(CCCc1cccs1)c1cccc(OC(F)(F)F)c1. The molecule has 0 saturated heterocycles. The Morgan fingerprint density at radius 1 is 1.19 bits per heavy atom. The van der Waals surface area contributed by atoms with Crippen LogP contribution < -0.4 is 4.74 Å². The molecule has 1 aromatic carbocycles. The summed E-state index contributed by atoms with van der Waals surface area (Å²) in [6.07, 6.45) is -2.99. The summed E-state index contributed by atoms with van der Waals surface area (Å²) in [6.45, 7) is 0. The molecule has 112 valence electrons. The van der Waals surface area contributed by atoms with Gasteiger partial charge in [0.2, 0.25) is 0 Å². The van der Waals surface area contributed by atoms with Crippen molar-refractivity contribution >= 4 is 17.1 Å². The van der Waals surface area contributed by atoms with Crippen molar-refractivity contribution in [2.75, 3.05) is 0 Å². The fourth-order valence-electron chi connectivity index (χ4n) is 1.89. The zero-order valence-electron chi connectivity index (χ0n) is 11.0. The summed E-state index contributed by atoms with van der Waals surface area (Å²) in [4.78, 5) is 13.1. The Hall–Kier alpha value is -1.82. The van der Waals surface area contributed by atoms with E-state index in [9.17, 15) is 18.0 Å². The van der Waals surface area contributed by atoms with Crippen molar-refractivity contribution < 1.29 is 22.7 Å². The Bertz CT molecular complexity index is 591. The van der Waals surface area contributed by atoms with Gasteiger partial charge < -0.3 is 4.74 Å². The van der Waals surface area contributed by atoms with Gasteiger partial charge in [-0.2, -0.15) is 0 Å². The molecule has 2 rings (SSSR count). The average molecular weight is 314 g/mol. The third-order valence-electron chi connectivity index (χ3n) is 2.80. The molecule has 0 saturated carbocycles. The minimum atomic E-state index is -4.75. The molecule has 0 N–H and O–H groups in total. The van der Waals surface area contributed by atoms with Gasteiger partial charge in [-0.3, -0.25) is 4.79 Å². The Kier molecular flexibility index (Phi) is 5.01. The molecule has 0 unspecified atom stereocenters. The van der Waals surface area contributed by atoms with Gasteiger partial charge in [0.1, 0.15) is 5.75 Å². The summed E-state index contributed by atoms with van der Waals surface area (Å²) < 4.78 is 40.2. The molecule has 0 atom stereocenters. The quantitative estimate of drug-likeness (QED) is 0.712. The third-order valence-corrected chi connectivity index (χ3v) is 3.73. The number of aryl methyl sites for hydroxylation is 1. The maximum Gasteiger partial charge on any atom is 0.573 e. The number of hydrogen-bond donors (Lipinski definition) is 0. The molecular weight excluding hydrogens is 301 g/mol. The van der Waals surface area contributed by atoms with Crippen LogP contribution in [0.2, 0.25) is 0 Å². The summed E-state index contributed by atoms with van der Waals surface area (Å²) >= 11 is 1.62. The molecule has 0 aliphatic heterocycles. The Labute approximate surface area is 124 Å². The van der Waals surface area contributed by atoms with Crippen LogP contribution in [0, 0.1) is 0 Å². The van der Waals surface area contributed by atoms with Gasteiger partial charge in [-0.25, -0.2) is 0 Å². The number of carbonyl (C=O) groups excluding carboxylic acids is 1. The predicted octanol–water partition coefficient (Wildman–Crippen LogP) is 4.85. The molecule has 2 nitrogen and oxygen atoms in total. The number of halogens is 3. The van der Waals surface area contributed by atoms with Crippen LogP contribution in [0.1, 0.15) is 28.1 Å². The second kappa shape index (κ2) is 6.76. The maximum absolute atomic E-state index is 12.1. The molecule has 1 aromatic heterocycles. The number of Topliss-reactive ketones (excluding diaryl/α,β-unsaturated/α-hetero) is 1.